The van der Waals surface area contributed by atoms with Crippen LogP contribution in [0.25, 0.3) is 0 Å². The summed E-state index contributed by atoms with van der Waals surface area (Å²) in [5.74, 6) is 1.79. The Morgan fingerprint density at radius 3 is 2.62 bits per heavy atom. The van der Waals surface area contributed by atoms with Crippen molar-refractivity contribution in [3.8, 4) is 5.75 Å². The van der Waals surface area contributed by atoms with Gasteiger partial charge in [-0.3, -0.25) is 4.99 Å². The normalized spacial score (nSPS) is 17.1. The number of aliphatic hydroxyl groups is 1. The molecule has 1 aliphatic heterocycles. The first kappa shape index (κ1) is 25.8. The lowest BCUT2D eigenvalue weighted by Gasteiger charge is -2.30. The summed E-state index contributed by atoms with van der Waals surface area (Å²) >= 11 is 0. The van der Waals surface area contributed by atoms with Gasteiger partial charge in [-0.1, -0.05) is 26.0 Å². The number of hydrogen-bond donors (Lipinski definition) is 3. The molecule has 0 amide bonds. The van der Waals surface area contributed by atoms with Crippen LogP contribution in [-0.4, -0.2) is 57.0 Å². The van der Waals surface area contributed by atoms with Gasteiger partial charge in [-0.15, -0.1) is 24.0 Å². The van der Waals surface area contributed by atoms with Crippen LogP contribution in [0.3, 0.4) is 0 Å². The van der Waals surface area contributed by atoms with Crippen molar-refractivity contribution in [2.24, 2.45) is 10.4 Å². The molecule has 0 spiro atoms. The molecule has 3 N–H and O–H groups in total. The third-order valence-corrected chi connectivity index (χ3v) is 6.01. The molecule has 1 atom stereocenters. The Morgan fingerprint density at radius 2 is 2.00 bits per heavy atom. The predicted octanol–water partition coefficient (Wildman–Crippen LogP) is 3.64. The van der Waals surface area contributed by atoms with Crippen LogP contribution in [0.5, 0.6) is 5.75 Å². The van der Waals surface area contributed by atoms with E-state index in [1.807, 2.05) is 12.1 Å². The van der Waals surface area contributed by atoms with Crippen LogP contribution in [0.1, 0.15) is 46.5 Å². The fraction of sp³-hybridized carbons (Fsp3) is 0.682. The molecule has 1 saturated heterocycles. The Morgan fingerprint density at radius 1 is 1.28 bits per heavy atom. The molecule has 1 fully saturated rings. The van der Waals surface area contributed by atoms with Crippen LogP contribution < -0.4 is 20.3 Å². The number of ether oxygens (including phenoxy) is 1. The number of anilines is 1. The number of aliphatic imine (C=N–C) groups is 1. The molecule has 6 nitrogen and oxygen atoms in total. The molecule has 1 aromatic carbocycles. The van der Waals surface area contributed by atoms with Crippen molar-refractivity contribution < 1.29 is 9.84 Å². The zero-order valence-corrected chi connectivity index (χ0v) is 20.7. The summed E-state index contributed by atoms with van der Waals surface area (Å²) < 4.78 is 5.52. The molecule has 0 aromatic heterocycles. The summed E-state index contributed by atoms with van der Waals surface area (Å²) in [7, 11) is 1.72. The molecule has 166 valence electrons. The second kappa shape index (κ2) is 13.2. The number of nitrogens with one attached hydrogen (secondary N) is 2. The molecule has 7 heteroatoms. The van der Waals surface area contributed by atoms with Gasteiger partial charge in [0.25, 0.3) is 0 Å². The van der Waals surface area contributed by atoms with Crippen molar-refractivity contribution in [3.63, 3.8) is 0 Å². The standard InChI is InChI=1S/C22H38N4O2.HI/c1-5-22(6-2,13-15-27)17-24-21(23-7-3)25-18-12-14-26(16-18)19-10-8-9-11-20(19)28-4;/h8-11,18,27H,5-7,12-17H2,1-4H3,(H2,23,24,25);1H. The zero-order chi connectivity index (χ0) is 20.4. The lowest BCUT2D eigenvalue weighted by Crippen LogP contribution is -2.45. The molecule has 0 saturated carbocycles. The SMILES string of the molecule is CCNC(=NCC(CC)(CC)CCO)NC1CCN(c2ccccc2OC)C1.I. The van der Waals surface area contributed by atoms with Crippen molar-refractivity contribution in [2.45, 2.75) is 52.5 Å². The number of rotatable bonds is 10. The van der Waals surface area contributed by atoms with Gasteiger partial charge in [0.05, 0.1) is 12.8 Å². The van der Waals surface area contributed by atoms with Crippen molar-refractivity contribution >= 4 is 35.6 Å². The fourth-order valence-corrected chi connectivity index (χ4v) is 3.89. The number of halogens is 1. The number of methoxy groups -OCH3 is 1. The summed E-state index contributed by atoms with van der Waals surface area (Å²) in [6, 6.07) is 8.53. The van der Waals surface area contributed by atoms with E-state index in [1.54, 1.807) is 7.11 Å². The number of guanidine groups is 1. The van der Waals surface area contributed by atoms with Crippen LogP contribution in [0.15, 0.2) is 29.3 Å². The number of para-hydroxylation sites is 2. The van der Waals surface area contributed by atoms with E-state index in [-0.39, 0.29) is 36.0 Å². The first-order chi connectivity index (χ1) is 13.6. The van der Waals surface area contributed by atoms with Crippen LogP contribution in [-0.2, 0) is 0 Å². The van der Waals surface area contributed by atoms with Gasteiger partial charge < -0.3 is 25.4 Å². The second-order valence-electron chi connectivity index (χ2n) is 7.62. The van der Waals surface area contributed by atoms with Crippen LogP contribution in [0.2, 0.25) is 0 Å². The van der Waals surface area contributed by atoms with Gasteiger partial charge in [-0.05, 0) is 50.2 Å². The molecular weight excluding hydrogens is 479 g/mol. The molecule has 29 heavy (non-hydrogen) atoms. The molecule has 1 aliphatic rings. The summed E-state index contributed by atoms with van der Waals surface area (Å²) in [6.45, 7) is 10.2. The van der Waals surface area contributed by atoms with Gasteiger partial charge in [0.1, 0.15) is 5.75 Å². The molecule has 0 bridgehead atoms. The Hall–Kier alpha value is -1.22. The molecular formula is C22H39IN4O2. The van der Waals surface area contributed by atoms with E-state index in [4.69, 9.17) is 9.73 Å². The minimum atomic E-state index is 0. The average molecular weight is 518 g/mol. The Balaban J connectivity index is 0.00000420. The zero-order valence-electron chi connectivity index (χ0n) is 18.4. The summed E-state index contributed by atoms with van der Waals surface area (Å²) in [5, 5.41) is 16.4. The van der Waals surface area contributed by atoms with E-state index < -0.39 is 0 Å². The van der Waals surface area contributed by atoms with Crippen molar-refractivity contribution in [3.05, 3.63) is 24.3 Å². The molecule has 1 heterocycles. The van der Waals surface area contributed by atoms with Crippen LogP contribution >= 0.6 is 24.0 Å². The largest absolute Gasteiger partial charge is 0.495 e. The summed E-state index contributed by atoms with van der Waals surface area (Å²) in [4.78, 5) is 7.25. The van der Waals surface area contributed by atoms with Gasteiger partial charge in [-0.25, -0.2) is 0 Å². The van der Waals surface area contributed by atoms with Crippen LogP contribution in [0, 0.1) is 5.41 Å². The average Bonchev–Trinajstić information content (AvgIpc) is 3.19. The number of hydrogen-bond acceptors (Lipinski definition) is 4. The van der Waals surface area contributed by atoms with Gasteiger partial charge in [-0.2, -0.15) is 0 Å². The van der Waals surface area contributed by atoms with E-state index in [0.717, 1.165) is 69.3 Å². The topological polar surface area (TPSA) is 69.1 Å². The van der Waals surface area contributed by atoms with Crippen molar-refractivity contribution in [1.29, 1.82) is 0 Å². The molecule has 1 aromatic rings. The Kier molecular flexibility index (Phi) is 11.7. The third kappa shape index (κ3) is 7.20. The summed E-state index contributed by atoms with van der Waals surface area (Å²) in [5.41, 5.74) is 1.23. The van der Waals surface area contributed by atoms with E-state index in [1.165, 1.54) is 0 Å². The highest BCUT2D eigenvalue weighted by atomic mass is 127. The molecule has 0 aliphatic carbocycles. The van der Waals surface area contributed by atoms with E-state index in [0.29, 0.717) is 6.04 Å². The summed E-state index contributed by atoms with van der Waals surface area (Å²) in [6.07, 6.45) is 3.91. The van der Waals surface area contributed by atoms with E-state index in [9.17, 15) is 5.11 Å². The molecule has 0 radical (unpaired) electrons. The van der Waals surface area contributed by atoms with Gasteiger partial charge in [0, 0.05) is 38.8 Å². The monoisotopic (exact) mass is 518 g/mol. The second-order valence-corrected chi connectivity index (χ2v) is 7.62. The van der Waals surface area contributed by atoms with E-state index >= 15 is 0 Å². The fourth-order valence-electron chi connectivity index (χ4n) is 3.89. The minimum absolute atomic E-state index is 0. The van der Waals surface area contributed by atoms with E-state index in [2.05, 4.69) is 48.4 Å². The number of benzene rings is 1. The molecule has 1 unspecified atom stereocenters. The highest BCUT2D eigenvalue weighted by Crippen LogP contribution is 2.31. The minimum Gasteiger partial charge on any atom is -0.495 e. The number of nitrogens with zero attached hydrogens (tertiary/aromatic N) is 2. The Labute approximate surface area is 193 Å². The Bertz CT molecular complexity index is 623. The first-order valence-electron chi connectivity index (χ1n) is 10.6. The van der Waals surface area contributed by atoms with Gasteiger partial charge in [0.2, 0.25) is 0 Å². The van der Waals surface area contributed by atoms with Gasteiger partial charge >= 0.3 is 0 Å². The maximum atomic E-state index is 9.45. The highest BCUT2D eigenvalue weighted by Gasteiger charge is 2.27. The molecule has 2 rings (SSSR count). The first-order valence-corrected chi connectivity index (χ1v) is 10.6. The lowest BCUT2D eigenvalue weighted by molar-refractivity contribution is 0.175. The van der Waals surface area contributed by atoms with Gasteiger partial charge in [0.15, 0.2) is 5.96 Å². The van der Waals surface area contributed by atoms with Crippen LogP contribution in [0.4, 0.5) is 5.69 Å². The number of aliphatic hydroxyl groups excluding tert-OH is 1. The lowest BCUT2D eigenvalue weighted by atomic mass is 9.79. The quantitative estimate of drug-likeness (QED) is 0.251. The van der Waals surface area contributed by atoms with Crippen molar-refractivity contribution in [2.75, 3.05) is 44.8 Å². The third-order valence-electron chi connectivity index (χ3n) is 6.01. The maximum Gasteiger partial charge on any atom is 0.191 e. The smallest absolute Gasteiger partial charge is 0.191 e. The predicted molar refractivity (Wildman–Crippen MR) is 133 cm³/mol. The van der Waals surface area contributed by atoms with Crippen molar-refractivity contribution in [1.82, 2.24) is 10.6 Å². The maximum absolute atomic E-state index is 9.45. The highest BCUT2D eigenvalue weighted by molar-refractivity contribution is 14.0.